The van der Waals surface area contributed by atoms with Gasteiger partial charge in [0.15, 0.2) is 0 Å². The molecular weight excluding hydrogens is 321 g/mol. The minimum Gasteiger partial charge on any atom is -0.494 e. The number of hydrogen-bond donors (Lipinski definition) is 1. The second-order valence-corrected chi connectivity index (χ2v) is 5.22. The summed E-state index contributed by atoms with van der Waals surface area (Å²) in [5, 5.41) is 0.724. The molecule has 0 aliphatic heterocycles. The molecule has 0 saturated carbocycles. The first-order valence-electron chi connectivity index (χ1n) is 7.11. The third-order valence-corrected chi connectivity index (χ3v) is 3.27. The number of unbranched alkanes of at least 4 members (excludes halogenated alkanes) is 2. The maximum absolute atomic E-state index is 5.81. The maximum Gasteiger partial charge on any atom is 0.119 e. The van der Waals surface area contributed by atoms with Crippen molar-refractivity contribution in [3.05, 3.63) is 53.6 Å². The highest BCUT2D eigenvalue weighted by atomic mass is 35.5. The van der Waals surface area contributed by atoms with E-state index in [4.69, 9.17) is 26.8 Å². The summed E-state index contributed by atoms with van der Waals surface area (Å²) >= 11 is 5.81. The smallest absolute Gasteiger partial charge is 0.119 e. The largest absolute Gasteiger partial charge is 0.494 e. The van der Waals surface area contributed by atoms with Gasteiger partial charge in [0.2, 0.25) is 0 Å². The van der Waals surface area contributed by atoms with Crippen molar-refractivity contribution >= 4 is 29.7 Å². The zero-order valence-corrected chi connectivity index (χ0v) is 13.9. The van der Waals surface area contributed by atoms with E-state index >= 15 is 0 Å². The molecule has 22 heavy (non-hydrogen) atoms. The van der Waals surface area contributed by atoms with Crippen molar-refractivity contribution in [1.29, 1.82) is 0 Å². The Balaban J connectivity index is 0.00000242. The van der Waals surface area contributed by atoms with E-state index in [1.54, 1.807) is 0 Å². The van der Waals surface area contributed by atoms with Crippen LogP contribution in [0.4, 0.5) is 5.69 Å². The van der Waals surface area contributed by atoms with Crippen molar-refractivity contribution in [2.75, 3.05) is 18.9 Å². The van der Waals surface area contributed by atoms with E-state index in [0.29, 0.717) is 13.2 Å². The number of nitrogens with two attached hydrogens (primary N) is 1. The molecule has 0 aliphatic carbocycles. The van der Waals surface area contributed by atoms with Crippen LogP contribution >= 0.6 is 24.0 Å². The lowest BCUT2D eigenvalue weighted by molar-refractivity contribution is 0.279. The molecule has 0 saturated heterocycles. The molecule has 0 aromatic heterocycles. The third kappa shape index (κ3) is 6.92. The molecular formula is C17H21Cl2NO2. The molecule has 0 heterocycles. The van der Waals surface area contributed by atoms with Gasteiger partial charge in [-0.15, -0.1) is 12.4 Å². The summed E-state index contributed by atoms with van der Waals surface area (Å²) in [6.45, 7) is 1.42. The second kappa shape index (κ2) is 10.2. The summed E-state index contributed by atoms with van der Waals surface area (Å²) in [6, 6.07) is 14.9. The standard InChI is InChI=1S/C17H20ClNO2.ClH/c18-14-4-8-16(9-5-14)20-12-2-1-3-13-21-17-10-6-15(19)7-11-17;/h4-11H,1-3,12-13,19H2;1H. The molecule has 120 valence electrons. The molecule has 2 aromatic rings. The fourth-order valence-electron chi connectivity index (χ4n) is 1.86. The van der Waals surface area contributed by atoms with E-state index in [9.17, 15) is 0 Å². The summed E-state index contributed by atoms with van der Waals surface area (Å²) in [4.78, 5) is 0. The van der Waals surface area contributed by atoms with Crippen LogP contribution in [0.5, 0.6) is 11.5 Å². The lowest BCUT2D eigenvalue weighted by atomic mass is 10.2. The Labute approximate surface area is 142 Å². The van der Waals surface area contributed by atoms with Gasteiger partial charge in [0.1, 0.15) is 11.5 Å². The SMILES string of the molecule is Cl.Nc1ccc(OCCCCCOc2ccc(Cl)cc2)cc1. The summed E-state index contributed by atoms with van der Waals surface area (Å²) in [5.74, 6) is 1.72. The van der Waals surface area contributed by atoms with Crippen LogP contribution in [0.2, 0.25) is 5.02 Å². The van der Waals surface area contributed by atoms with Crippen molar-refractivity contribution in [3.8, 4) is 11.5 Å². The van der Waals surface area contributed by atoms with Crippen LogP contribution in [-0.2, 0) is 0 Å². The molecule has 3 nitrogen and oxygen atoms in total. The average molecular weight is 342 g/mol. The number of rotatable bonds is 8. The highest BCUT2D eigenvalue weighted by Gasteiger charge is 1.96. The fraction of sp³-hybridized carbons (Fsp3) is 0.294. The van der Waals surface area contributed by atoms with Gasteiger partial charge in [-0.2, -0.15) is 0 Å². The Hall–Kier alpha value is -1.58. The van der Waals surface area contributed by atoms with E-state index in [0.717, 1.165) is 41.5 Å². The Bertz CT molecular complexity index is 480. The molecule has 0 unspecified atom stereocenters. The van der Waals surface area contributed by atoms with E-state index in [2.05, 4.69) is 0 Å². The van der Waals surface area contributed by atoms with Crippen LogP contribution in [0.3, 0.4) is 0 Å². The van der Waals surface area contributed by atoms with Crippen LogP contribution in [0.15, 0.2) is 48.5 Å². The fourth-order valence-corrected chi connectivity index (χ4v) is 1.98. The molecule has 2 N–H and O–H groups in total. The normalized spacial score (nSPS) is 9.86. The van der Waals surface area contributed by atoms with Gasteiger partial charge in [0, 0.05) is 10.7 Å². The number of halogens is 2. The molecule has 5 heteroatoms. The van der Waals surface area contributed by atoms with Crippen molar-refractivity contribution in [1.82, 2.24) is 0 Å². The van der Waals surface area contributed by atoms with Crippen LogP contribution < -0.4 is 15.2 Å². The number of benzene rings is 2. The van der Waals surface area contributed by atoms with E-state index < -0.39 is 0 Å². The predicted octanol–water partition coefficient (Wildman–Crippen LogP) is 4.97. The summed E-state index contributed by atoms with van der Waals surface area (Å²) < 4.78 is 11.3. The van der Waals surface area contributed by atoms with Crippen LogP contribution in [0.25, 0.3) is 0 Å². The Morgan fingerprint density at radius 1 is 0.727 bits per heavy atom. The van der Waals surface area contributed by atoms with Crippen molar-refractivity contribution in [2.45, 2.75) is 19.3 Å². The molecule has 2 aromatic carbocycles. The summed E-state index contributed by atoms with van der Waals surface area (Å²) in [5.41, 5.74) is 6.37. The average Bonchev–Trinajstić information content (AvgIpc) is 2.50. The van der Waals surface area contributed by atoms with E-state index in [1.807, 2.05) is 48.5 Å². The molecule has 0 spiro atoms. The van der Waals surface area contributed by atoms with Crippen molar-refractivity contribution in [3.63, 3.8) is 0 Å². The molecule has 0 aliphatic rings. The number of hydrogen-bond acceptors (Lipinski definition) is 3. The van der Waals surface area contributed by atoms with Gasteiger partial charge < -0.3 is 15.2 Å². The Morgan fingerprint density at radius 3 is 1.68 bits per heavy atom. The van der Waals surface area contributed by atoms with E-state index in [-0.39, 0.29) is 12.4 Å². The number of nitrogen functional groups attached to an aromatic ring is 1. The zero-order valence-electron chi connectivity index (χ0n) is 12.3. The third-order valence-electron chi connectivity index (χ3n) is 3.02. The Morgan fingerprint density at radius 2 is 1.18 bits per heavy atom. The van der Waals surface area contributed by atoms with Crippen molar-refractivity contribution in [2.24, 2.45) is 0 Å². The highest BCUT2D eigenvalue weighted by molar-refractivity contribution is 6.30. The van der Waals surface area contributed by atoms with Gasteiger partial charge in [-0.25, -0.2) is 0 Å². The molecule has 0 atom stereocenters. The molecule has 0 fully saturated rings. The summed E-state index contributed by atoms with van der Waals surface area (Å²) in [6.07, 6.45) is 3.09. The highest BCUT2D eigenvalue weighted by Crippen LogP contribution is 2.16. The monoisotopic (exact) mass is 341 g/mol. The topological polar surface area (TPSA) is 44.5 Å². The van der Waals surface area contributed by atoms with Gasteiger partial charge in [-0.05, 0) is 67.8 Å². The van der Waals surface area contributed by atoms with E-state index in [1.165, 1.54) is 0 Å². The first-order valence-corrected chi connectivity index (χ1v) is 7.48. The van der Waals surface area contributed by atoms with Gasteiger partial charge >= 0.3 is 0 Å². The molecule has 0 amide bonds. The lowest BCUT2D eigenvalue weighted by Crippen LogP contribution is -2.01. The first kappa shape index (κ1) is 18.5. The number of anilines is 1. The summed E-state index contributed by atoms with van der Waals surface area (Å²) in [7, 11) is 0. The first-order chi connectivity index (χ1) is 10.2. The molecule has 2 rings (SSSR count). The van der Waals surface area contributed by atoms with Crippen LogP contribution in [0, 0.1) is 0 Å². The van der Waals surface area contributed by atoms with Crippen LogP contribution in [0.1, 0.15) is 19.3 Å². The predicted molar refractivity (Wildman–Crippen MR) is 94.4 cm³/mol. The lowest BCUT2D eigenvalue weighted by Gasteiger charge is -2.07. The minimum absolute atomic E-state index is 0. The second-order valence-electron chi connectivity index (χ2n) is 4.78. The van der Waals surface area contributed by atoms with Gasteiger partial charge in [-0.3, -0.25) is 0 Å². The number of ether oxygens (including phenoxy) is 2. The molecule has 0 radical (unpaired) electrons. The molecule has 0 bridgehead atoms. The van der Waals surface area contributed by atoms with Gasteiger partial charge in [0.25, 0.3) is 0 Å². The van der Waals surface area contributed by atoms with Crippen molar-refractivity contribution < 1.29 is 9.47 Å². The zero-order chi connectivity index (χ0) is 14.9. The minimum atomic E-state index is 0. The Kier molecular flexibility index (Phi) is 8.56. The van der Waals surface area contributed by atoms with Crippen LogP contribution in [-0.4, -0.2) is 13.2 Å². The quantitative estimate of drug-likeness (QED) is 0.544. The van der Waals surface area contributed by atoms with Gasteiger partial charge in [0.05, 0.1) is 13.2 Å². The maximum atomic E-state index is 5.81. The van der Waals surface area contributed by atoms with Gasteiger partial charge in [-0.1, -0.05) is 11.6 Å².